The molecule has 0 saturated carbocycles. The van der Waals surface area contributed by atoms with Gasteiger partial charge in [0.15, 0.2) is 0 Å². The Bertz CT molecular complexity index is 806. The number of hydrogen-bond acceptors (Lipinski definition) is 8. The zero-order valence-corrected chi connectivity index (χ0v) is 17.0. The fraction of sp³-hybridized carbons (Fsp3) is 0.533. The van der Waals surface area contributed by atoms with E-state index in [0.717, 1.165) is 30.7 Å². The van der Waals surface area contributed by atoms with Crippen molar-refractivity contribution in [2.75, 3.05) is 37.6 Å². The molecule has 3 rings (SSSR count). The number of anilines is 1. The first-order valence-corrected chi connectivity index (χ1v) is 9.45. The number of piperazine rings is 1. The van der Waals surface area contributed by atoms with Crippen LogP contribution < -0.4 is 4.90 Å². The summed E-state index contributed by atoms with van der Waals surface area (Å²) in [5.74, 6) is 0.348. The Balaban J connectivity index is 1.56. The maximum absolute atomic E-state index is 10.8. The normalized spacial score (nSPS) is 17.7. The highest BCUT2D eigenvalue weighted by Crippen LogP contribution is 2.20. The van der Waals surface area contributed by atoms with Crippen molar-refractivity contribution >= 4 is 39.3 Å². The van der Waals surface area contributed by atoms with Gasteiger partial charge in [-0.3, -0.25) is 9.47 Å². The number of aromatic nitrogens is 4. The van der Waals surface area contributed by atoms with Crippen molar-refractivity contribution in [3.05, 3.63) is 38.5 Å². The topological polar surface area (TPSA) is 113 Å². The van der Waals surface area contributed by atoms with Gasteiger partial charge in [0, 0.05) is 45.1 Å². The number of nitrogens with zero attached hydrogens (tertiary/aromatic N) is 7. The van der Waals surface area contributed by atoms with Crippen LogP contribution in [0.3, 0.4) is 0 Å². The maximum atomic E-state index is 10.8. The second-order valence-electron chi connectivity index (χ2n) is 6.71. The van der Waals surface area contributed by atoms with E-state index in [0.29, 0.717) is 12.5 Å². The molecule has 2 aromatic heterocycles. The molecule has 12 heteroatoms. The van der Waals surface area contributed by atoms with Crippen LogP contribution in [0.15, 0.2) is 23.1 Å². The molecule has 1 saturated heterocycles. The summed E-state index contributed by atoms with van der Waals surface area (Å²) in [5, 5.41) is 21.5. The first kappa shape index (κ1) is 19.9. The summed E-state index contributed by atoms with van der Waals surface area (Å²) in [4.78, 5) is 26.7. The molecule has 1 aliphatic heterocycles. The Labute approximate surface area is 169 Å². The van der Waals surface area contributed by atoms with E-state index >= 15 is 0 Å². The molecule has 146 valence electrons. The zero-order valence-electron chi connectivity index (χ0n) is 14.6. The lowest BCUT2D eigenvalue weighted by Crippen LogP contribution is -2.52. The minimum Gasteiger partial charge on any atom is -0.387 e. The number of β-amino-alcohol motifs (C(OH)–C–C–N with tert-alkyl or cyclic N) is 1. The molecule has 0 amide bonds. The predicted octanol–water partition coefficient (Wildman–Crippen LogP) is 1.57. The number of halogens is 2. The molecule has 0 bridgehead atoms. The van der Waals surface area contributed by atoms with Crippen LogP contribution in [0, 0.1) is 10.1 Å². The van der Waals surface area contributed by atoms with Gasteiger partial charge in [-0.05, 0) is 44.4 Å². The standard InChI is InChI=1S/C15H19BrClN7O3/c1-15(25,10-23-8-12(24(26)27)20-13(23)17)9-21-2-4-22(5-3-21)14-18-6-11(16)7-19-14/h6-8,25H,2-5,9-10H2,1H3. The van der Waals surface area contributed by atoms with Crippen LogP contribution in [-0.2, 0) is 6.54 Å². The minimum atomic E-state index is -1.12. The lowest BCUT2D eigenvalue weighted by atomic mass is 10.1. The van der Waals surface area contributed by atoms with Crippen LogP contribution in [0.1, 0.15) is 6.92 Å². The maximum Gasteiger partial charge on any atom is 0.383 e. The number of nitro groups is 1. The van der Waals surface area contributed by atoms with Crippen LogP contribution in [-0.4, -0.2) is 72.8 Å². The van der Waals surface area contributed by atoms with Gasteiger partial charge in [0.1, 0.15) is 6.20 Å². The average molecular weight is 461 g/mol. The molecule has 0 aromatic carbocycles. The van der Waals surface area contributed by atoms with E-state index in [1.54, 1.807) is 19.3 Å². The Morgan fingerprint density at radius 2 is 1.93 bits per heavy atom. The summed E-state index contributed by atoms with van der Waals surface area (Å²) in [6.07, 6.45) is 4.67. The van der Waals surface area contributed by atoms with E-state index in [1.165, 1.54) is 10.8 Å². The molecule has 0 radical (unpaired) electrons. The van der Waals surface area contributed by atoms with Gasteiger partial charge in [-0.1, -0.05) is 0 Å². The third-order valence-corrected chi connectivity index (χ3v) is 4.95. The molecular formula is C15H19BrClN7O3. The fourth-order valence-electron chi connectivity index (χ4n) is 3.05. The summed E-state index contributed by atoms with van der Waals surface area (Å²) in [6, 6.07) is 0. The van der Waals surface area contributed by atoms with Gasteiger partial charge in [0.05, 0.1) is 16.6 Å². The van der Waals surface area contributed by atoms with Gasteiger partial charge in [-0.25, -0.2) is 9.97 Å². The number of aliphatic hydroxyl groups is 1. The van der Waals surface area contributed by atoms with E-state index in [4.69, 9.17) is 11.6 Å². The molecule has 1 aliphatic rings. The Morgan fingerprint density at radius 3 is 2.48 bits per heavy atom. The fourth-order valence-corrected chi connectivity index (χ4v) is 3.45. The molecule has 2 aromatic rings. The number of rotatable bonds is 6. The van der Waals surface area contributed by atoms with Gasteiger partial charge in [0.25, 0.3) is 0 Å². The van der Waals surface area contributed by atoms with Crippen LogP contribution in [0.25, 0.3) is 0 Å². The average Bonchev–Trinajstić information content (AvgIpc) is 2.96. The zero-order chi connectivity index (χ0) is 19.6. The highest BCUT2D eigenvalue weighted by molar-refractivity contribution is 9.10. The predicted molar refractivity (Wildman–Crippen MR) is 103 cm³/mol. The Hall–Kier alpha value is -1.82. The highest BCUT2D eigenvalue weighted by Gasteiger charge is 2.30. The molecule has 1 atom stereocenters. The van der Waals surface area contributed by atoms with Crippen LogP contribution in [0.2, 0.25) is 5.28 Å². The van der Waals surface area contributed by atoms with Crippen molar-refractivity contribution in [3.63, 3.8) is 0 Å². The first-order chi connectivity index (χ1) is 12.7. The van der Waals surface area contributed by atoms with E-state index in [2.05, 4.69) is 40.7 Å². The van der Waals surface area contributed by atoms with Gasteiger partial charge < -0.3 is 20.1 Å². The molecule has 1 N–H and O–H groups in total. The van der Waals surface area contributed by atoms with Crippen LogP contribution in [0.4, 0.5) is 11.8 Å². The lowest BCUT2D eigenvalue weighted by Gasteiger charge is -2.38. The Morgan fingerprint density at radius 1 is 1.30 bits per heavy atom. The summed E-state index contributed by atoms with van der Waals surface area (Å²) >= 11 is 9.26. The van der Waals surface area contributed by atoms with Gasteiger partial charge in [-0.15, -0.1) is 0 Å². The van der Waals surface area contributed by atoms with Crippen LogP contribution >= 0.6 is 27.5 Å². The molecule has 1 unspecified atom stereocenters. The van der Waals surface area contributed by atoms with Gasteiger partial charge in [-0.2, -0.15) is 0 Å². The minimum absolute atomic E-state index is 0.0146. The molecular weight excluding hydrogens is 442 g/mol. The summed E-state index contributed by atoms with van der Waals surface area (Å²) in [5.41, 5.74) is -1.12. The first-order valence-electron chi connectivity index (χ1n) is 8.28. The van der Waals surface area contributed by atoms with E-state index in [1.807, 2.05) is 0 Å². The second kappa shape index (κ2) is 8.05. The van der Waals surface area contributed by atoms with Crippen LogP contribution in [0.5, 0.6) is 0 Å². The third-order valence-electron chi connectivity index (χ3n) is 4.24. The molecule has 0 aliphatic carbocycles. The quantitative estimate of drug-likeness (QED) is 0.510. The number of imidazole rings is 1. The summed E-state index contributed by atoms with van der Waals surface area (Å²) < 4.78 is 2.23. The van der Waals surface area contributed by atoms with Crippen molar-refractivity contribution in [1.29, 1.82) is 0 Å². The highest BCUT2D eigenvalue weighted by atomic mass is 79.9. The Kier molecular flexibility index (Phi) is 5.94. The summed E-state index contributed by atoms with van der Waals surface area (Å²) in [7, 11) is 0. The van der Waals surface area contributed by atoms with E-state index in [9.17, 15) is 15.2 Å². The summed E-state index contributed by atoms with van der Waals surface area (Å²) in [6.45, 7) is 5.18. The largest absolute Gasteiger partial charge is 0.387 e. The lowest BCUT2D eigenvalue weighted by molar-refractivity contribution is -0.389. The van der Waals surface area contributed by atoms with E-state index < -0.39 is 10.5 Å². The molecule has 0 spiro atoms. The van der Waals surface area contributed by atoms with Crippen molar-refractivity contribution < 1.29 is 10.0 Å². The molecule has 3 heterocycles. The van der Waals surface area contributed by atoms with Crippen molar-refractivity contribution in [3.8, 4) is 0 Å². The molecule has 10 nitrogen and oxygen atoms in total. The second-order valence-corrected chi connectivity index (χ2v) is 7.97. The van der Waals surface area contributed by atoms with Crippen molar-refractivity contribution in [1.82, 2.24) is 24.4 Å². The van der Waals surface area contributed by atoms with Crippen molar-refractivity contribution in [2.45, 2.75) is 19.1 Å². The molecule has 27 heavy (non-hydrogen) atoms. The van der Waals surface area contributed by atoms with Gasteiger partial charge >= 0.3 is 11.1 Å². The van der Waals surface area contributed by atoms with Gasteiger partial charge in [0.2, 0.25) is 5.95 Å². The van der Waals surface area contributed by atoms with Crippen molar-refractivity contribution in [2.24, 2.45) is 0 Å². The monoisotopic (exact) mass is 459 g/mol. The molecule has 1 fully saturated rings. The smallest absolute Gasteiger partial charge is 0.383 e. The van der Waals surface area contributed by atoms with E-state index in [-0.39, 0.29) is 17.6 Å². The SMILES string of the molecule is CC(O)(CN1CCN(c2ncc(Br)cn2)CC1)Cn1cc([N+](=O)[O-])nc1Cl. The third kappa shape index (κ3) is 5.12. The number of hydrogen-bond donors (Lipinski definition) is 1.